The molecule has 0 unspecified atom stereocenters. The maximum Gasteiger partial charge on any atom is 0.0139 e. The molecule has 0 aliphatic carbocycles. The Hall–Kier alpha value is -0.880. The van der Waals surface area contributed by atoms with Crippen LogP contribution in [0.25, 0.3) is 22.3 Å². The Kier molecular flexibility index (Phi) is 4.64. The molecule has 3 aromatic carbocycles. The Labute approximate surface area is 152 Å². The quantitative estimate of drug-likeness (QED) is 0.354. The first-order chi connectivity index (χ1) is 10.1. The molecule has 0 aliphatic heterocycles. The van der Waals surface area contributed by atoms with E-state index in [2.05, 4.69) is 119 Å². The molecule has 0 bridgehead atoms. The van der Waals surface area contributed by atoms with Gasteiger partial charge in [-0.1, -0.05) is 42.5 Å². The van der Waals surface area contributed by atoms with Crippen molar-refractivity contribution in [3.05, 3.63) is 79.4 Å². The van der Waals surface area contributed by atoms with Crippen LogP contribution in [0.1, 0.15) is 5.56 Å². The van der Waals surface area contributed by atoms with E-state index in [1.54, 1.807) is 0 Å². The molecule has 0 nitrogen and oxygen atoms in total. The number of hydrogen-bond donors (Lipinski definition) is 0. The van der Waals surface area contributed by atoms with E-state index in [0.717, 1.165) is 0 Å². The van der Waals surface area contributed by atoms with E-state index in [1.807, 2.05) is 0 Å². The van der Waals surface area contributed by atoms with Crippen LogP contribution in [-0.4, -0.2) is 0 Å². The van der Waals surface area contributed by atoms with Crippen LogP contribution in [0, 0.1) is 14.1 Å². The van der Waals surface area contributed by atoms with E-state index in [4.69, 9.17) is 0 Å². The van der Waals surface area contributed by atoms with Gasteiger partial charge < -0.3 is 0 Å². The molecule has 0 aromatic heterocycles. The zero-order chi connectivity index (χ0) is 14.8. The van der Waals surface area contributed by atoms with Crippen molar-refractivity contribution in [2.24, 2.45) is 0 Å². The summed E-state index contributed by atoms with van der Waals surface area (Å²) in [5.74, 6) is 0. The van der Waals surface area contributed by atoms with Crippen LogP contribution in [0.2, 0.25) is 0 Å². The molecule has 0 saturated carbocycles. The Morgan fingerprint density at radius 2 is 1.00 bits per heavy atom. The maximum absolute atomic E-state index is 2.38. The Morgan fingerprint density at radius 1 is 0.524 bits per heavy atom. The van der Waals surface area contributed by atoms with Crippen molar-refractivity contribution in [1.82, 2.24) is 0 Å². The second-order valence-electron chi connectivity index (χ2n) is 5.10. The van der Waals surface area contributed by atoms with E-state index < -0.39 is 0 Å². The molecule has 0 heterocycles. The molecular formula is C19H14I2. The van der Waals surface area contributed by atoms with Gasteiger partial charge in [-0.3, -0.25) is 0 Å². The molecule has 2 heteroatoms. The van der Waals surface area contributed by atoms with Gasteiger partial charge in [0, 0.05) is 7.14 Å². The van der Waals surface area contributed by atoms with Crippen molar-refractivity contribution in [3.63, 3.8) is 0 Å². The van der Waals surface area contributed by atoms with Crippen LogP contribution in [0.3, 0.4) is 0 Å². The topological polar surface area (TPSA) is 0 Å². The summed E-state index contributed by atoms with van der Waals surface area (Å²) in [5.41, 5.74) is 6.39. The Balaban J connectivity index is 1.95. The molecule has 104 valence electrons. The monoisotopic (exact) mass is 496 g/mol. The van der Waals surface area contributed by atoms with Gasteiger partial charge in [-0.15, -0.1) is 0 Å². The summed E-state index contributed by atoms with van der Waals surface area (Å²) >= 11 is 4.71. The van der Waals surface area contributed by atoms with Crippen LogP contribution in [0.5, 0.6) is 0 Å². The van der Waals surface area contributed by atoms with Crippen LogP contribution in [-0.2, 0) is 0 Å². The molecule has 0 amide bonds. The first-order valence-electron chi connectivity index (χ1n) is 6.75. The summed E-state index contributed by atoms with van der Waals surface area (Å²) < 4.78 is 2.55. The molecular weight excluding hydrogens is 482 g/mol. The lowest BCUT2D eigenvalue weighted by atomic mass is 9.99. The number of rotatable bonds is 2. The van der Waals surface area contributed by atoms with Gasteiger partial charge in [0.2, 0.25) is 0 Å². The molecule has 0 radical (unpaired) electrons. The maximum atomic E-state index is 2.38. The summed E-state index contributed by atoms with van der Waals surface area (Å²) in [7, 11) is 0. The Morgan fingerprint density at radius 3 is 1.52 bits per heavy atom. The van der Waals surface area contributed by atoms with E-state index in [-0.39, 0.29) is 0 Å². The van der Waals surface area contributed by atoms with Gasteiger partial charge >= 0.3 is 0 Å². The summed E-state index contributed by atoms with van der Waals surface area (Å²) in [5, 5.41) is 0. The van der Waals surface area contributed by atoms with Gasteiger partial charge in [0.25, 0.3) is 0 Å². The normalized spacial score (nSPS) is 10.6. The van der Waals surface area contributed by atoms with Gasteiger partial charge in [-0.05, 0) is 104 Å². The van der Waals surface area contributed by atoms with Crippen LogP contribution in [0.4, 0.5) is 0 Å². The standard InChI is InChI=1S/C19H14I2/c1-13-10-17(12-19(21)11-13)16-4-2-14(3-5-16)15-6-8-18(20)9-7-15/h2-12H,1H3. The van der Waals surface area contributed by atoms with Crippen molar-refractivity contribution in [1.29, 1.82) is 0 Å². The third-order valence-corrected chi connectivity index (χ3v) is 4.78. The van der Waals surface area contributed by atoms with Crippen LogP contribution < -0.4 is 0 Å². The van der Waals surface area contributed by atoms with Gasteiger partial charge in [-0.25, -0.2) is 0 Å². The molecule has 0 atom stereocenters. The lowest BCUT2D eigenvalue weighted by Crippen LogP contribution is -1.83. The SMILES string of the molecule is Cc1cc(I)cc(-c2ccc(-c3ccc(I)cc3)cc2)c1. The zero-order valence-electron chi connectivity index (χ0n) is 11.6. The average Bonchev–Trinajstić information content (AvgIpc) is 2.47. The lowest BCUT2D eigenvalue weighted by molar-refractivity contribution is 1.44. The molecule has 0 N–H and O–H groups in total. The fourth-order valence-electron chi connectivity index (χ4n) is 2.40. The van der Waals surface area contributed by atoms with Crippen molar-refractivity contribution in [3.8, 4) is 22.3 Å². The molecule has 21 heavy (non-hydrogen) atoms. The molecule has 0 fully saturated rings. The second-order valence-corrected chi connectivity index (χ2v) is 7.59. The first kappa shape index (κ1) is 15.0. The highest BCUT2D eigenvalue weighted by Gasteiger charge is 2.02. The van der Waals surface area contributed by atoms with Gasteiger partial charge in [0.15, 0.2) is 0 Å². The highest BCUT2D eigenvalue weighted by Crippen LogP contribution is 2.27. The van der Waals surface area contributed by atoms with Crippen molar-refractivity contribution >= 4 is 45.2 Å². The van der Waals surface area contributed by atoms with E-state index in [0.29, 0.717) is 0 Å². The van der Waals surface area contributed by atoms with Crippen LogP contribution in [0.15, 0.2) is 66.7 Å². The third-order valence-electron chi connectivity index (χ3n) is 3.44. The number of aryl methyl sites for hydroxylation is 1. The highest BCUT2D eigenvalue weighted by atomic mass is 127. The summed E-state index contributed by atoms with van der Waals surface area (Å²) in [6.45, 7) is 2.14. The minimum atomic E-state index is 1.26. The second kappa shape index (κ2) is 6.48. The van der Waals surface area contributed by atoms with Gasteiger partial charge in [0.1, 0.15) is 0 Å². The smallest absolute Gasteiger partial charge is 0.0139 e. The summed E-state index contributed by atoms with van der Waals surface area (Å²) in [6.07, 6.45) is 0. The molecule has 0 saturated heterocycles. The van der Waals surface area contributed by atoms with Crippen molar-refractivity contribution in [2.75, 3.05) is 0 Å². The fourth-order valence-corrected chi connectivity index (χ4v) is 3.59. The molecule has 0 aliphatic rings. The van der Waals surface area contributed by atoms with E-state index >= 15 is 0 Å². The number of hydrogen-bond acceptors (Lipinski definition) is 0. The predicted molar refractivity (Wildman–Crippen MR) is 107 cm³/mol. The lowest BCUT2D eigenvalue weighted by Gasteiger charge is -2.07. The number of halogens is 2. The van der Waals surface area contributed by atoms with Crippen molar-refractivity contribution in [2.45, 2.75) is 6.92 Å². The van der Waals surface area contributed by atoms with Crippen LogP contribution >= 0.6 is 45.2 Å². The van der Waals surface area contributed by atoms with Gasteiger partial charge in [-0.2, -0.15) is 0 Å². The first-order valence-corrected chi connectivity index (χ1v) is 8.91. The zero-order valence-corrected chi connectivity index (χ0v) is 15.9. The summed E-state index contributed by atoms with van der Waals surface area (Å²) in [6, 6.07) is 24.1. The fraction of sp³-hybridized carbons (Fsp3) is 0.0526. The number of benzene rings is 3. The highest BCUT2D eigenvalue weighted by molar-refractivity contribution is 14.1. The third kappa shape index (κ3) is 3.66. The average molecular weight is 496 g/mol. The predicted octanol–water partition coefficient (Wildman–Crippen LogP) is 6.54. The Bertz CT molecular complexity index is 736. The largest absolute Gasteiger partial charge is 0.0538 e. The molecule has 3 rings (SSSR count). The molecule has 0 spiro atoms. The summed E-state index contributed by atoms with van der Waals surface area (Å²) in [4.78, 5) is 0. The molecule has 3 aromatic rings. The van der Waals surface area contributed by atoms with E-state index in [1.165, 1.54) is 35.0 Å². The minimum absolute atomic E-state index is 1.26. The van der Waals surface area contributed by atoms with Crippen molar-refractivity contribution < 1.29 is 0 Å². The van der Waals surface area contributed by atoms with E-state index in [9.17, 15) is 0 Å². The minimum Gasteiger partial charge on any atom is -0.0538 e. The van der Waals surface area contributed by atoms with Gasteiger partial charge in [0.05, 0.1) is 0 Å².